The second-order valence-electron chi connectivity index (χ2n) is 19.5. The van der Waals surface area contributed by atoms with Crippen LogP contribution in [-0.4, -0.2) is 101 Å². The number of hydrogen-bond acceptors (Lipinski definition) is 12. The zero-order chi connectivity index (χ0) is 36.5. The first-order valence-corrected chi connectivity index (χ1v) is 19.5. The van der Waals surface area contributed by atoms with E-state index in [1.54, 1.807) is 0 Å². The third kappa shape index (κ3) is 4.31. The Morgan fingerprint density at radius 3 is 2.16 bits per heavy atom. The van der Waals surface area contributed by atoms with Gasteiger partial charge in [-0.3, -0.25) is 9.59 Å². The molecule has 9 aliphatic rings. The van der Waals surface area contributed by atoms with E-state index < -0.39 is 48.2 Å². The van der Waals surface area contributed by atoms with Crippen LogP contribution in [0, 0.1) is 50.7 Å². The molecule has 9 fully saturated rings. The maximum absolute atomic E-state index is 12.9. The quantitative estimate of drug-likeness (QED) is 0.220. The summed E-state index contributed by atoms with van der Waals surface area (Å²) in [6.07, 6.45) is 0.817. The molecule has 12 nitrogen and oxygen atoms in total. The summed E-state index contributed by atoms with van der Waals surface area (Å²) in [5.74, 6) is -0.642. The highest BCUT2D eigenvalue weighted by atomic mass is 16.8. The van der Waals surface area contributed by atoms with Crippen molar-refractivity contribution in [3.63, 3.8) is 0 Å². The van der Waals surface area contributed by atoms with E-state index in [2.05, 4.69) is 34.6 Å². The lowest BCUT2D eigenvalue weighted by molar-refractivity contribution is -0.346. The lowest BCUT2D eigenvalue weighted by Gasteiger charge is -2.65. The molecule has 12 heteroatoms. The van der Waals surface area contributed by atoms with E-state index in [0.717, 1.165) is 44.9 Å². The number of carbonyl (C=O) groups excluding carboxylic acids is 2. The van der Waals surface area contributed by atoms with Gasteiger partial charge in [0, 0.05) is 25.7 Å². The van der Waals surface area contributed by atoms with Crippen LogP contribution < -0.4 is 0 Å². The Labute approximate surface area is 300 Å². The number of rotatable bonds is 4. The van der Waals surface area contributed by atoms with E-state index in [1.807, 2.05) is 6.92 Å². The summed E-state index contributed by atoms with van der Waals surface area (Å²) < 4.78 is 43.4. The van der Waals surface area contributed by atoms with E-state index in [4.69, 9.17) is 33.2 Å². The second-order valence-corrected chi connectivity index (χ2v) is 19.5. The summed E-state index contributed by atoms with van der Waals surface area (Å²) in [5, 5.41) is 32.2. The summed E-state index contributed by atoms with van der Waals surface area (Å²) >= 11 is 0. The van der Waals surface area contributed by atoms with Crippen LogP contribution in [0.1, 0.15) is 107 Å². The Kier molecular flexibility index (Phi) is 7.40. The van der Waals surface area contributed by atoms with E-state index in [0.29, 0.717) is 18.3 Å². The standard InChI is InChI=1S/C39H58O12/c1-18-13-39(31-36(8,50-31)32(44)51-39)49-22-14-34(6)24-10-9-23-33(4,5)25(48-30-28(43)29(47-20(3)41)21(42)16-45-30)11-12-37(23)17-38(24,37)15-26(46-19(2)40)35(34,7)27(18)22/h18,21-32,42-44H,9-17H2,1-8H3. The van der Waals surface area contributed by atoms with Crippen molar-refractivity contribution in [3.05, 3.63) is 0 Å². The Balaban J connectivity index is 1.01. The lowest BCUT2D eigenvalue weighted by atomic mass is 9.41. The van der Waals surface area contributed by atoms with Crippen LogP contribution in [0.3, 0.4) is 0 Å². The summed E-state index contributed by atoms with van der Waals surface area (Å²) in [4.78, 5) is 24.6. The molecule has 5 saturated carbocycles. The Morgan fingerprint density at radius 2 is 1.51 bits per heavy atom. The number of aliphatic hydroxyl groups is 3. The highest BCUT2D eigenvalue weighted by molar-refractivity contribution is 5.66. The fourth-order valence-corrected chi connectivity index (χ4v) is 14.9. The molecule has 4 saturated heterocycles. The molecule has 5 aliphatic carbocycles. The number of aliphatic hydroxyl groups excluding tert-OH is 3. The molecule has 3 spiro atoms. The molecule has 19 unspecified atom stereocenters. The SMILES string of the molecule is CC(=O)OC1C(O)COC(OC2CCC34CC35CC(OC(C)=O)C3(C)C6C(C)CC7(OC6CC3(C)C5CCC4C2(C)C)OC(O)C2(C)OC72)C1O. The topological polar surface area (TPSA) is 163 Å². The molecule has 4 heterocycles. The van der Waals surface area contributed by atoms with Crippen molar-refractivity contribution < 1.29 is 58.1 Å². The Bertz CT molecular complexity index is 1500. The van der Waals surface area contributed by atoms with E-state index >= 15 is 0 Å². The molecule has 4 aliphatic heterocycles. The minimum Gasteiger partial charge on any atom is -0.462 e. The van der Waals surface area contributed by atoms with Crippen molar-refractivity contribution >= 4 is 11.9 Å². The minimum atomic E-state index is -1.31. The van der Waals surface area contributed by atoms with Crippen molar-refractivity contribution in [2.45, 2.75) is 173 Å². The number of carbonyl (C=O) groups is 2. The largest absolute Gasteiger partial charge is 0.462 e. The molecule has 19 atom stereocenters. The van der Waals surface area contributed by atoms with Crippen LogP contribution in [0.4, 0.5) is 0 Å². The Hall–Kier alpha value is -1.38. The van der Waals surface area contributed by atoms with Gasteiger partial charge in [0.1, 0.15) is 30.0 Å². The molecule has 51 heavy (non-hydrogen) atoms. The molecule has 0 aromatic rings. The fraction of sp³-hybridized carbons (Fsp3) is 0.949. The summed E-state index contributed by atoms with van der Waals surface area (Å²) in [6.45, 7) is 16.3. The molecule has 286 valence electrons. The van der Waals surface area contributed by atoms with Gasteiger partial charge in [-0.1, -0.05) is 34.6 Å². The van der Waals surface area contributed by atoms with Gasteiger partial charge < -0.3 is 48.5 Å². The van der Waals surface area contributed by atoms with Gasteiger partial charge in [-0.05, 0) is 97.2 Å². The van der Waals surface area contributed by atoms with E-state index in [1.165, 1.54) is 13.8 Å². The van der Waals surface area contributed by atoms with Crippen molar-refractivity contribution in [3.8, 4) is 0 Å². The van der Waals surface area contributed by atoms with Crippen LogP contribution >= 0.6 is 0 Å². The molecule has 3 N–H and O–H groups in total. The summed E-state index contributed by atoms with van der Waals surface area (Å²) in [5.41, 5.74) is -1.36. The molecule has 0 aromatic heterocycles. The molecule has 0 amide bonds. The number of fused-ring (bicyclic) bond motifs is 6. The van der Waals surface area contributed by atoms with Crippen LogP contribution in [-0.2, 0) is 42.7 Å². The molecule has 0 aromatic carbocycles. The molecule has 0 radical (unpaired) electrons. The first kappa shape index (κ1) is 35.3. The molecule has 9 rings (SSSR count). The van der Waals surface area contributed by atoms with Gasteiger partial charge in [0.25, 0.3) is 0 Å². The first-order chi connectivity index (χ1) is 23.8. The maximum Gasteiger partial charge on any atom is 0.303 e. The third-order valence-corrected chi connectivity index (χ3v) is 17.0. The van der Waals surface area contributed by atoms with Crippen molar-refractivity contribution in [2.24, 2.45) is 50.7 Å². The zero-order valence-corrected chi connectivity index (χ0v) is 31.4. The zero-order valence-electron chi connectivity index (χ0n) is 31.4. The van der Waals surface area contributed by atoms with Crippen LogP contribution in [0.15, 0.2) is 0 Å². The van der Waals surface area contributed by atoms with Gasteiger partial charge in [-0.15, -0.1) is 0 Å². The number of ether oxygens (including phenoxy) is 7. The summed E-state index contributed by atoms with van der Waals surface area (Å²) in [7, 11) is 0. The van der Waals surface area contributed by atoms with Crippen LogP contribution in [0.2, 0.25) is 0 Å². The maximum atomic E-state index is 12.9. The van der Waals surface area contributed by atoms with Crippen molar-refractivity contribution in [1.82, 2.24) is 0 Å². The summed E-state index contributed by atoms with van der Waals surface area (Å²) in [6, 6.07) is 0. The predicted octanol–water partition coefficient (Wildman–Crippen LogP) is 3.60. The predicted molar refractivity (Wildman–Crippen MR) is 177 cm³/mol. The van der Waals surface area contributed by atoms with E-state index in [9.17, 15) is 24.9 Å². The Morgan fingerprint density at radius 1 is 0.804 bits per heavy atom. The van der Waals surface area contributed by atoms with Gasteiger partial charge in [0.05, 0.1) is 18.8 Å². The monoisotopic (exact) mass is 718 g/mol. The van der Waals surface area contributed by atoms with Gasteiger partial charge in [-0.2, -0.15) is 0 Å². The number of esters is 2. The first-order valence-electron chi connectivity index (χ1n) is 19.5. The smallest absolute Gasteiger partial charge is 0.303 e. The third-order valence-electron chi connectivity index (χ3n) is 17.0. The highest BCUT2D eigenvalue weighted by Gasteiger charge is 2.87. The lowest BCUT2D eigenvalue weighted by Crippen LogP contribution is -2.64. The molecular formula is C39H58O12. The highest BCUT2D eigenvalue weighted by Crippen LogP contribution is 2.89. The van der Waals surface area contributed by atoms with Crippen molar-refractivity contribution in [2.75, 3.05) is 6.61 Å². The van der Waals surface area contributed by atoms with Gasteiger partial charge in [0.15, 0.2) is 18.7 Å². The van der Waals surface area contributed by atoms with Crippen LogP contribution in [0.25, 0.3) is 0 Å². The normalized spacial score (nSPS) is 60.1. The molecule has 0 bridgehead atoms. The second kappa shape index (κ2) is 10.7. The fourth-order valence-electron chi connectivity index (χ4n) is 14.9. The van der Waals surface area contributed by atoms with Gasteiger partial charge in [-0.25, -0.2) is 0 Å². The van der Waals surface area contributed by atoms with E-state index in [-0.39, 0.29) is 75.9 Å². The van der Waals surface area contributed by atoms with Crippen LogP contribution in [0.5, 0.6) is 0 Å². The number of epoxide rings is 1. The van der Waals surface area contributed by atoms with Crippen molar-refractivity contribution in [1.29, 1.82) is 0 Å². The average Bonchev–Trinajstić information content (AvgIpc) is 3.87. The molecular weight excluding hydrogens is 660 g/mol. The average molecular weight is 719 g/mol. The number of hydrogen-bond donors (Lipinski definition) is 3. The van der Waals surface area contributed by atoms with Gasteiger partial charge >= 0.3 is 11.9 Å². The van der Waals surface area contributed by atoms with Gasteiger partial charge in [0.2, 0.25) is 5.79 Å². The minimum absolute atomic E-state index is 0.0184.